The van der Waals surface area contributed by atoms with Crippen molar-refractivity contribution in [3.8, 4) is 11.5 Å². The molecule has 0 N–H and O–H groups in total. The Kier molecular flexibility index (Phi) is 6.04. The number of rotatable bonds is 6. The van der Waals surface area contributed by atoms with E-state index in [0.29, 0.717) is 6.54 Å². The van der Waals surface area contributed by atoms with Gasteiger partial charge in [0.1, 0.15) is 11.5 Å². The Labute approximate surface area is 179 Å². The van der Waals surface area contributed by atoms with Gasteiger partial charge in [-0.1, -0.05) is 30.3 Å². The Balaban J connectivity index is 1.59. The van der Waals surface area contributed by atoms with Gasteiger partial charge in [-0.25, -0.2) is 8.42 Å². The van der Waals surface area contributed by atoms with Gasteiger partial charge in [-0.2, -0.15) is 4.31 Å². The van der Waals surface area contributed by atoms with Crippen LogP contribution in [0.4, 0.5) is 0 Å². The van der Waals surface area contributed by atoms with E-state index in [-0.39, 0.29) is 17.9 Å². The molecule has 0 aliphatic carbocycles. The molecule has 2 aliphatic heterocycles. The summed E-state index contributed by atoms with van der Waals surface area (Å²) in [7, 11) is 0.112. The number of nitrogens with zero attached hydrogens (tertiary/aromatic N) is 2. The molecular formula is C23H30N2O4S. The predicted molar refractivity (Wildman–Crippen MR) is 117 cm³/mol. The van der Waals surface area contributed by atoms with E-state index in [2.05, 4.69) is 23.1 Å². The first kappa shape index (κ1) is 21.2. The lowest BCUT2D eigenvalue weighted by Crippen LogP contribution is -2.47. The summed E-state index contributed by atoms with van der Waals surface area (Å²) in [5.74, 6) is 2.15. The molecular weight excluding hydrogens is 400 g/mol. The molecule has 0 spiro atoms. The highest BCUT2D eigenvalue weighted by Gasteiger charge is 2.48. The van der Waals surface area contributed by atoms with Gasteiger partial charge in [0.05, 0.1) is 20.5 Å². The largest absolute Gasteiger partial charge is 0.497 e. The third kappa shape index (κ3) is 4.19. The number of benzene rings is 2. The molecule has 7 heteroatoms. The average Bonchev–Trinajstić information content (AvgIpc) is 3.13. The summed E-state index contributed by atoms with van der Waals surface area (Å²) in [6.07, 6.45) is 2.18. The van der Waals surface area contributed by atoms with Gasteiger partial charge < -0.3 is 9.47 Å². The zero-order valence-electron chi connectivity index (χ0n) is 17.8. The summed E-state index contributed by atoms with van der Waals surface area (Å²) in [5, 5.41) is 0. The maximum Gasteiger partial charge on any atom is 0.211 e. The van der Waals surface area contributed by atoms with Crippen LogP contribution in [0.1, 0.15) is 23.5 Å². The highest BCUT2D eigenvalue weighted by Crippen LogP contribution is 2.43. The zero-order chi connectivity index (χ0) is 21.3. The standard InChI is InChI=1S/C23H30N2O4S/c1-28-19-10-8-17(9-11-19)20-16-25(30(3,26)27)22-12-13-24(15-21(20)22)14-18-6-4-5-7-23(18)29-2/h4-11,20-22H,12-16H2,1-3H3/t20-,21-,22-/m1/s1. The van der Waals surface area contributed by atoms with Gasteiger partial charge in [0.25, 0.3) is 0 Å². The topological polar surface area (TPSA) is 59.1 Å². The van der Waals surface area contributed by atoms with Crippen LogP contribution in [0.5, 0.6) is 11.5 Å². The molecule has 2 aromatic rings. The predicted octanol–water partition coefficient (Wildman–Crippen LogP) is 2.95. The van der Waals surface area contributed by atoms with Crippen LogP contribution in [0.2, 0.25) is 0 Å². The molecule has 0 amide bonds. The second-order valence-electron chi connectivity index (χ2n) is 8.28. The number of para-hydroxylation sites is 1. The van der Waals surface area contributed by atoms with Gasteiger partial charge >= 0.3 is 0 Å². The van der Waals surface area contributed by atoms with E-state index >= 15 is 0 Å². The van der Waals surface area contributed by atoms with Crippen molar-refractivity contribution in [2.45, 2.75) is 24.9 Å². The monoisotopic (exact) mass is 430 g/mol. The smallest absolute Gasteiger partial charge is 0.211 e. The molecule has 2 heterocycles. The Bertz CT molecular complexity index is 977. The molecule has 0 radical (unpaired) electrons. The summed E-state index contributed by atoms with van der Waals surface area (Å²) in [6, 6.07) is 16.2. The number of methoxy groups -OCH3 is 2. The normalized spacial score (nSPS) is 25.1. The van der Waals surface area contributed by atoms with Gasteiger partial charge in [-0.05, 0) is 36.1 Å². The van der Waals surface area contributed by atoms with Crippen molar-refractivity contribution in [1.82, 2.24) is 9.21 Å². The molecule has 2 aromatic carbocycles. The Morgan fingerprint density at radius 1 is 1.00 bits per heavy atom. The lowest BCUT2D eigenvalue weighted by Gasteiger charge is -2.38. The van der Waals surface area contributed by atoms with Crippen LogP contribution in [0, 0.1) is 5.92 Å². The first-order valence-electron chi connectivity index (χ1n) is 10.4. The molecule has 0 saturated carbocycles. The number of hydrogen-bond donors (Lipinski definition) is 0. The summed E-state index contributed by atoms with van der Waals surface area (Å²) >= 11 is 0. The van der Waals surface area contributed by atoms with Crippen molar-refractivity contribution in [2.75, 3.05) is 40.1 Å². The second kappa shape index (κ2) is 8.57. The Morgan fingerprint density at radius 2 is 1.73 bits per heavy atom. The van der Waals surface area contributed by atoms with Crippen LogP contribution in [0.25, 0.3) is 0 Å². The van der Waals surface area contributed by atoms with Crippen LogP contribution in [-0.2, 0) is 16.6 Å². The first-order chi connectivity index (χ1) is 14.4. The fourth-order valence-corrected chi connectivity index (χ4v) is 6.25. The SMILES string of the molecule is COc1ccc([C@H]2CN(S(C)(=O)=O)[C@@H]3CCN(Cc4ccccc4OC)C[C@H]23)cc1. The number of sulfonamides is 1. The fourth-order valence-electron chi connectivity index (χ4n) is 5.06. The van der Waals surface area contributed by atoms with Crippen LogP contribution < -0.4 is 9.47 Å². The van der Waals surface area contributed by atoms with E-state index in [9.17, 15) is 8.42 Å². The van der Waals surface area contributed by atoms with Crippen molar-refractivity contribution in [1.29, 1.82) is 0 Å². The van der Waals surface area contributed by atoms with E-state index in [0.717, 1.165) is 43.1 Å². The third-order valence-electron chi connectivity index (χ3n) is 6.52. The summed E-state index contributed by atoms with van der Waals surface area (Å²) in [4.78, 5) is 2.43. The van der Waals surface area contributed by atoms with Crippen LogP contribution >= 0.6 is 0 Å². The van der Waals surface area contributed by atoms with E-state index < -0.39 is 10.0 Å². The minimum atomic E-state index is -3.24. The van der Waals surface area contributed by atoms with E-state index in [4.69, 9.17) is 9.47 Å². The molecule has 0 unspecified atom stereocenters. The van der Waals surface area contributed by atoms with Crippen molar-refractivity contribution in [3.05, 3.63) is 59.7 Å². The van der Waals surface area contributed by atoms with E-state index in [1.807, 2.05) is 30.3 Å². The van der Waals surface area contributed by atoms with Gasteiger partial charge in [-0.3, -0.25) is 4.90 Å². The highest BCUT2D eigenvalue weighted by molar-refractivity contribution is 7.88. The average molecular weight is 431 g/mol. The molecule has 0 aromatic heterocycles. The second-order valence-corrected chi connectivity index (χ2v) is 10.2. The van der Waals surface area contributed by atoms with Gasteiger partial charge in [0, 0.05) is 43.7 Å². The lowest BCUT2D eigenvalue weighted by atomic mass is 9.82. The molecule has 3 atom stereocenters. The summed E-state index contributed by atoms with van der Waals surface area (Å²) in [5.41, 5.74) is 2.34. The molecule has 2 saturated heterocycles. The highest BCUT2D eigenvalue weighted by atomic mass is 32.2. The number of hydrogen-bond acceptors (Lipinski definition) is 5. The van der Waals surface area contributed by atoms with Crippen molar-refractivity contribution in [3.63, 3.8) is 0 Å². The van der Waals surface area contributed by atoms with Crippen LogP contribution in [-0.4, -0.2) is 63.8 Å². The number of fused-ring (bicyclic) bond motifs is 1. The van der Waals surface area contributed by atoms with Crippen LogP contribution in [0.15, 0.2) is 48.5 Å². The molecule has 2 fully saturated rings. The van der Waals surface area contributed by atoms with E-state index in [1.54, 1.807) is 18.5 Å². The van der Waals surface area contributed by atoms with Crippen molar-refractivity contribution < 1.29 is 17.9 Å². The van der Waals surface area contributed by atoms with Gasteiger partial charge in [0.2, 0.25) is 10.0 Å². The fraction of sp³-hybridized carbons (Fsp3) is 0.478. The van der Waals surface area contributed by atoms with E-state index in [1.165, 1.54) is 11.8 Å². The number of ether oxygens (including phenoxy) is 2. The summed E-state index contributed by atoms with van der Waals surface area (Å²) < 4.78 is 37.5. The maximum atomic E-state index is 12.5. The van der Waals surface area contributed by atoms with Crippen LogP contribution in [0.3, 0.4) is 0 Å². The lowest BCUT2D eigenvalue weighted by molar-refractivity contribution is 0.129. The number of piperidine rings is 1. The molecule has 2 aliphatic rings. The zero-order valence-corrected chi connectivity index (χ0v) is 18.6. The Hall–Kier alpha value is -2.09. The van der Waals surface area contributed by atoms with Gasteiger partial charge in [-0.15, -0.1) is 0 Å². The molecule has 30 heavy (non-hydrogen) atoms. The van der Waals surface area contributed by atoms with Gasteiger partial charge in [0.15, 0.2) is 0 Å². The molecule has 0 bridgehead atoms. The minimum absolute atomic E-state index is 0.0565. The minimum Gasteiger partial charge on any atom is -0.497 e. The molecule has 162 valence electrons. The first-order valence-corrected chi connectivity index (χ1v) is 12.2. The Morgan fingerprint density at radius 3 is 2.40 bits per heavy atom. The summed E-state index contributed by atoms with van der Waals surface area (Å²) in [6.45, 7) is 3.09. The third-order valence-corrected chi connectivity index (χ3v) is 7.80. The maximum absolute atomic E-state index is 12.5. The molecule has 4 rings (SSSR count). The number of likely N-dealkylation sites (tertiary alicyclic amines) is 1. The quantitative estimate of drug-likeness (QED) is 0.705. The molecule has 6 nitrogen and oxygen atoms in total. The van der Waals surface area contributed by atoms with Crippen molar-refractivity contribution in [2.24, 2.45) is 5.92 Å². The van der Waals surface area contributed by atoms with Crippen molar-refractivity contribution >= 4 is 10.0 Å².